The zero-order valence-electron chi connectivity index (χ0n) is 13.7. The minimum Gasteiger partial charge on any atom is -0.380 e. The first kappa shape index (κ1) is 14.2. The molecule has 1 heterocycles. The number of aryl methyl sites for hydroxylation is 2. The minimum atomic E-state index is 0.0587. The van der Waals surface area contributed by atoms with E-state index in [9.17, 15) is 0 Å². The summed E-state index contributed by atoms with van der Waals surface area (Å²) in [7, 11) is 0. The fraction of sp³-hybridized carbons (Fsp3) is 0.400. The molecule has 0 bridgehead atoms. The summed E-state index contributed by atoms with van der Waals surface area (Å²) in [6, 6.07) is 15.6. The van der Waals surface area contributed by atoms with Gasteiger partial charge in [0.2, 0.25) is 0 Å². The highest BCUT2D eigenvalue weighted by molar-refractivity contribution is 5.63. The molecule has 0 unspecified atom stereocenters. The SMILES string of the molecule is Cc1ccc([C@@]2(C)CC(C)(C)Nc3ccccc32)c(C)c1. The first-order chi connectivity index (χ1) is 9.82. The Morgan fingerprint density at radius 1 is 0.905 bits per heavy atom. The van der Waals surface area contributed by atoms with Crippen molar-refractivity contribution in [2.75, 3.05) is 5.32 Å². The number of hydrogen-bond donors (Lipinski definition) is 1. The summed E-state index contributed by atoms with van der Waals surface area (Å²) in [5.74, 6) is 0. The normalized spacial score (nSPS) is 23.3. The summed E-state index contributed by atoms with van der Waals surface area (Å²) >= 11 is 0. The quantitative estimate of drug-likeness (QED) is 0.756. The highest BCUT2D eigenvalue weighted by Crippen LogP contribution is 2.47. The van der Waals surface area contributed by atoms with Crippen molar-refractivity contribution >= 4 is 5.69 Å². The molecule has 1 nitrogen and oxygen atoms in total. The standard InChI is InChI=1S/C20H25N/c1-14-10-11-16(15(2)12-14)20(5)13-19(3,4)21-18-9-7-6-8-17(18)20/h6-12,21H,13H2,1-5H3/t20-/m1/s1. The zero-order valence-corrected chi connectivity index (χ0v) is 13.7. The van der Waals surface area contributed by atoms with Gasteiger partial charge in [0.25, 0.3) is 0 Å². The molecule has 0 radical (unpaired) electrons. The summed E-state index contributed by atoms with van der Waals surface area (Å²) in [4.78, 5) is 0. The van der Waals surface area contributed by atoms with E-state index in [2.05, 4.69) is 82.4 Å². The van der Waals surface area contributed by atoms with Gasteiger partial charge < -0.3 is 5.32 Å². The summed E-state index contributed by atoms with van der Waals surface area (Å²) in [5, 5.41) is 3.69. The maximum Gasteiger partial charge on any atom is 0.0385 e. The Bertz CT molecular complexity index is 684. The van der Waals surface area contributed by atoms with Crippen molar-refractivity contribution in [3.05, 3.63) is 64.7 Å². The van der Waals surface area contributed by atoms with E-state index in [1.165, 1.54) is 27.9 Å². The molecule has 0 spiro atoms. The molecule has 1 heteroatoms. The van der Waals surface area contributed by atoms with E-state index in [-0.39, 0.29) is 11.0 Å². The van der Waals surface area contributed by atoms with Crippen molar-refractivity contribution in [3.63, 3.8) is 0 Å². The van der Waals surface area contributed by atoms with Gasteiger partial charge in [-0.1, -0.05) is 48.9 Å². The predicted octanol–water partition coefficient (Wildman–Crippen LogP) is 5.20. The molecule has 2 aromatic rings. The molecule has 0 saturated heterocycles. The lowest BCUT2D eigenvalue weighted by molar-refractivity contribution is 0.377. The average molecular weight is 279 g/mol. The molecule has 21 heavy (non-hydrogen) atoms. The van der Waals surface area contributed by atoms with Crippen molar-refractivity contribution in [1.29, 1.82) is 0 Å². The van der Waals surface area contributed by atoms with Crippen molar-refractivity contribution in [2.45, 2.75) is 52.0 Å². The summed E-state index contributed by atoms with van der Waals surface area (Å²) in [6.45, 7) is 11.4. The van der Waals surface area contributed by atoms with Crippen LogP contribution < -0.4 is 5.32 Å². The van der Waals surface area contributed by atoms with Crippen LogP contribution in [0.15, 0.2) is 42.5 Å². The Labute approximate surface area is 128 Å². The van der Waals surface area contributed by atoms with Gasteiger partial charge >= 0.3 is 0 Å². The molecule has 0 aliphatic carbocycles. The van der Waals surface area contributed by atoms with Crippen molar-refractivity contribution in [3.8, 4) is 0 Å². The van der Waals surface area contributed by atoms with Crippen LogP contribution in [0.4, 0.5) is 5.69 Å². The Kier molecular flexibility index (Phi) is 3.12. The fourth-order valence-electron chi connectivity index (χ4n) is 4.13. The summed E-state index contributed by atoms with van der Waals surface area (Å²) < 4.78 is 0. The van der Waals surface area contributed by atoms with Crippen molar-refractivity contribution in [1.82, 2.24) is 0 Å². The molecule has 1 N–H and O–H groups in total. The van der Waals surface area contributed by atoms with E-state index < -0.39 is 0 Å². The van der Waals surface area contributed by atoms with Crippen LogP contribution >= 0.6 is 0 Å². The Balaban J connectivity index is 2.23. The number of nitrogens with one attached hydrogen (secondary N) is 1. The van der Waals surface area contributed by atoms with Crippen molar-refractivity contribution < 1.29 is 0 Å². The lowest BCUT2D eigenvalue weighted by atomic mass is 9.65. The van der Waals surface area contributed by atoms with Gasteiger partial charge in [0, 0.05) is 16.6 Å². The van der Waals surface area contributed by atoms with Gasteiger partial charge in [-0.15, -0.1) is 0 Å². The summed E-state index contributed by atoms with van der Waals surface area (Å²) in [5.41, 5.74) is 7.03. The third-order valence-corrected chi connectivity index (χ3v) is 4.77. The lowest BCUT2D eigenvalue weighted by Gasteiger charge is -2.46. The van der Waals surface area contributed by atoms with Gasteiger partial charge in [-0.3, -0.25) is 0 Å². The molecule has 0 aromatic heterocycles. The molecule has 0 amide bonds. The monoisotopic (exact) mass is 279 g/mol. The Morgan fingerprint density at radius 3 is 2.33 bits per heavy atom. The molecule has 1 aliphatic rings. The van der Waals surface area contributed by atoms with Crippen LogP contribution in [0.1, 0.15) is 49.4 Å². The highest BCUT2D eigenvalue weighted by atomic mass is 15.0. The van der Waals surface area contributed by atoms with Crippen LogP contribution in [0.25, 0.3) is 0 Å². The molecular formula is C20H25N. The number of hydrogen-bond acceptors (Lipinski definition) is 1. The van der Waals surface area contributed by atoms with E-state index >= 15 is 0 Å². The minimum absolute atomic E-state index is 0.0587. The van der Waals surface area contributed by atoms with E-state index in [4.69, 9.17) is 0 Å². The highest BCUT2D eigenvalue weighted by Gasteiger charge is 2.41. The predicted molar refractivity (Wildman–Crippen MR) is 91.1 cm³/mol. The molecule has 2 aromatic carbocycles. The van der Waals surface area contributed by atoms with Gasteiger partial charge in [-0.05, 0) is 56.9 Å². The van der Waals surface area contributed by atoms with Crippen LogP contribution in [-0.2, 0) is 5.41 Å². The number of benzene rings is 2. The van der Waals surface area contributed by atoms with Crippen LogP contribution in [0, 0.1) is 13.8 Å². The van der Waals surface area contributed by atoms with Gasteiger partial charge in [0.15, 0.2) is 0 Å². The molecule has 0 fully saturated rings. The topological polar surface area (TPSA) is 12.0 Å². The zero-order chi connectivity index (χ0) is 15.3. The maximum atomic E-state index is 3.69. The largest absolute Gasteiger partial charge is 0.380 e. The maximum absolute atomic E-state index is 3.69. The second-order valence-corrected chi connectivity index (χ2v) is 7.38. The third kappa shape index (κ3) is 2.35. The van der Waals surface area contributed by atoms with Gasteiger partial charge in [0.05, 0.1) is 0 Å². The van der Waals surface area contributed by atoms with Crippen LogP contribution in [0.5, 0.6) is 0 Å². The molecule has 110 valence electrons. The Hall–Kier alpha value is -1.76. The number of fused-ring (bicyclic) bond motifs is 1. The van der Waals surface area contributed by atoms with Gasteiger partial charge in [-0.2, -0.15) is 0 Å². The second-order valence-electron chi connectivity index (χ2n) is 7.38. The molecule has 0 saturated carbocycles. The third-order valence-electron chi connectivity index (χ3n) is 4.77. The molecule has 1 atom stereocenters. The van der Waals surface area contributed by atoms with E-state index in [0.29, 0.717) is 0 Å². The van der Waals surface area contributed by atoms with Gasteiger partial charge in [0.1, 0.15) is 0 Å². The molecule has 1 aliphatic heterocycles. The fourth-order valence-corrected chi connectivity index (χ4v) is 4.13. The van der Waals surface area contributed by atoms with E-state index in [0.717, 1.165) is 6.42 Å². The number of para-hydroxylation sites is 1. The van der Waals surface area contributed by atoms with Crippen LogP contribution in [0.2, 0.25) is 0 Å². The lowest BCUT2D eigenvalue weighted by Crippen LogP contribution is -2.45. The number of rotatable bonds is 1. The first-order valence-electron chi connectivity index (χ1n) is 7.77. The average Bonchev–Trinajstić information content (AvgIpc) is 2.36. The van der Waals surface area contributed by atoms with Crippen LogP contribution in [0.3, 0.4) is 0 Å². The molecular weight excluding hydrogens is 254 g/mol. The number of anilines is 1. The van der Waals surface area contributed by atoms with Gasteiger partial charge in [-0.25, -0.2) is 0 Å². The summed E-state index contributed by atoms with van der Waals surface area (Å²) in [6.07, 6.45) is 1.10. The van der Waals surface area contributed by atoms with Crippen molar-refractivity contribution in [2.24, 2.45) is 0 Å². The van der Waals surface area contributed by atoms with Crippen LogP contribution in [-0.4, -0.2) is 5.54 Å². The van der Waals surface area contributed by atoms with E-state index in [1.54, 1.807) is 0 Å². The molecule has 3 rings (SSSR count). The van der Waals surface area contributed by atoms with E-state index in [1.807, 2.05) is 0 Å². The first-order valence-corrected chi connectivity index (χ1v) is 7.77. The Morgan fingerprint density at radius 2 is 1.62 bits per heavy atom. The smallest absolute Gasteiger partial charge is 0.0385 e. The second kappa shape index (κ2) is 4.62.